The Kier molecular flexibility index (Phi) is 4.35. The summed E-state index contributed by atoms with van der Waals surface area (Å²) >= 11 is 7.53. The number of halogens is 1. The summed E-state index contributed by atoms with van der Waals surface area (Å²) in [6, 6.07) is 7.55. The van der Waals surface area contributed by atoms with Crippen molar-refractivity contribution in [2.45, 2.75) is 0 Å². The minimum Gasteiger partial charge on any atom is -0.494 e. The van der Waals surface area contributed by atoms with Crippen LogP contribution in [0.25, 0.3) is 10.9 Å². The van der Waals surface area contributed by atoms with Gasteiger partial charge in [-0.05, 0) is 23.6 Å². The minimum absolute atomic E-state index is 0.0162. The molecule has 0 unspecified atom stereocenters. The summed E-state index contributed by atoms with van der Waals surface area (Å²) < 4.78 is 1.01. The minimum atomic E-state index is -0.667. The molecule has 134 valence electrons. The van der Waals surface area contributed by atoms with Crippen molar-refractivity contribution in [3.05, 3.63) is 69.9 Å². The van der Waals surface area contributed by atoms with Gasteiger partial charge in [0.1, 0.15) is 6.33 Å². The van der Waals surface area contributed by atoms with Crippen LogP contribution in [0.1, 0.15) is 15.2 Å². The van der Waals surface area contributed by atoms with Crippen LogP contribution in [0.4, 0.5) is 10.5 Å². The summed E-state index contributed by atoms with van der Waals surface area (Å²) in [4.78, 5) is 33.8. The topological polar surface area (TPSA) is 97.1 Å². The number of hydrogen-bond acceptors (Lipinski definition) is 6. The van der Waals surface area contributed by atoms with Crippen molar-refractivity contribution in [3.63, 3.8) is 0 Å². The number of nitrogens with one attached hydrogen (secondary N) is 1. The molecule has 0 aliphatic heterocycles. The fourth-order valence-electron chi connectivity index (χ4n) is 2.78. The summed E-state index contributed by atoms with van der Waals surface area (Å²) in [7, 11) is 0. The van der Waals surface area contributed by atoms with Gasteiger partial charge in [-0.3, -0.25) is 4.79 Å². The Bertz CT molecular complexity index is 1160. The Morgan fingerprint density at radius 1 is 1.15 bits per heavy atom. The van der Waals surface area contributed by atoms with Crippen LogP contribution in [0.15, 0.2) is 54.4 Å². The number of fused-ring (bicyclic) bond motifs is 1. The van der Waals surface area contributed by atoms with Crippen LogP contribution < -0.4 is 5.32 Å². The average Bonchev–Trinajstić information content (AvgIpc) is 3.29. The first-order chi connectivity index (χ1) is 13.1. The summed E-state index contributed by atoms with van der Waals surface area (Å²) in [6.07, 6.45) is 4.16. The molecule has 3 aromatic heterocycles. The fraction of sp³-hybridized carbons (Fsp3) is 0. The Balaban J connectivity index is 1.89. The van der Waals surface area contributed by atoms with Gasteiger partial charge in [-0.1, -0.05) is 23.7 Å². The van der Waals surface area contributed by atoms with Crippen molar-refractivity contribution >= 4 is 51.3 Å². The number of carbonyl (C=O) groups excluding carboxylic acids is 2. The van der Waals surface area contributed by atoms with E-state index in [0.717, 1.165) is 4.57 Å². The molecule has 0 saturated heterocycles. The molecule has 27 heavy (non-hydrogen) atoms. The lowest BCUT2D eigenvalue weighted by molar-refractivity contribution is 0.104. The number of nitrogens with zero attached hydrogens (tertiary/aromatic N) is 3. The maximum atomic E-state index is 12.9. The van der Waals surface area contributed by atoms with Crippen LogP contribution in [0.2, 0.25) is 5.02 Å². The highest BCUT2D eigenvalue weighted by atomic mass is 35.5. The third kappa shape index (κ3) is 2.94. The summed E-state index contributed by atoms with van der Waals surface area (Å²) in [6.45, 7) is 0. The van der Waals surface area contributed by atoms with E-state index in [-0.39, 0.29) is 10.6 Å². The third-order valence-corrected chi connectivity index (χ3v) is 5.09. The summed E-state index contributed by atoms with van der Waals surface area (Å²) in [5.74, 6) is -0.888. The van der Waals surface area contributed by atoms with Gasteiger partial charge in [-0.15, -0.1) is 11.3 Å². The number of hydrogen-bond donors (Lipinski definition) is 2. The SMILES string of the molecule is O=C(c1cccs1)c1c(O)n(C(=O)Nc2cncnc2)c2cccc(Cl)c12. The third-order valence-electron chi connectivity index (χ3n) is 3.90. The number of aromatic nitrogens is 3. The van der Waals surface area contributed by atoms with E-state index < -0.39 is 17.7 Å². The molecule has 0 bridgehead atoms. The Morgan fingerprint density at radius 3 is 2.63 bits per heavy atom. The molecule has 1 amide bonds. The number of rotatable bonds is 3. The fourth-order valence-corrected chi connectivity index (χ4v) is 3.71. The van der Waals surface area contributed by atoms with Crippen LogP contribution in [-0.4, -0.2) is 31.5 Å². The van der Waals surface area contributed by atoms with Crippen LogP contribution >= 0.6 is 22.9 Å². The zero-order valence-corrected chi connectivity index (χ0v) is 15.2. The van der Waals surface area contributed by atoms with Crippen LogP contribution in [0.5, 0.6) is 5.88 Å². The Hall–Kier alpha value is -3.23. The second kappa shape index (κ2) is 6.82. The standard InChI is InChI=1S/C18H11ClN4O3S/c19-11-3-1-4-12-14(11)15(16(24)13-5-2-6-27-13)17(25)23(12)18(26)22-10-7-20-9-21-8-10/h1-9,25H,(H,22,26). The van der Waals surface area contributed by atoms with Gasteiger partial charge in [0, 0.05) is 5.39 Å². The van der Waals surface area contributed by atoms with E-state index in [1.54, 1.807) is 35.7 Å². The molecule has 1 aromatic carbocycles. The Morgan fingerprint density at radius 2 is 1.93 bits per heavy atom. The van der Waals surface area contributed by atoms with Gasteiger partial charge >= 0.3 is 6.03 Å². The van der Waals surface area contributed by atoms with Crippen molar-refractivity contribution in [2.24, 2.45) is 0 Å². The predicted octanol–water partition coefficient (Wildman–Crippen LogP) is 4.16. The second-order valence-corrected chi connectivity index (χ2v) is 6.89. The molecule has 2 N–H and O–H groups in total. The largest absolute Gasteiger partial charge is 0.494 e. The number of amides is 1. The number of thiophene rings is 1. The maximum absolute atomic E-state index is 12.9. The van der Waals surface area contributed by atoms with Gasteiger partial charge in [0.05, 0.1) is 39.1 Å². The quantitative estimate of drug-likeness (QED) is 0.505. The zero-order valence-electron chi connectivity index (χ0n) is 13.6. The number of aromatic hydroxyl groups is 1. The molecule has 0 aliphatic rings. The number of anilines is 1. The molecular formula is C18H11ClN4O3S. The molecule has 0 aliphatic carbocycles. The molecule has 0 radical (unpaired) electrons. The van der Waals surface area contributed by atoms with Gasteiger partial charge in [-0.25, -0.2) is 19.3 Å². The van der Waals surface area contributed by atoms with Gasteiger partial charge < -0.3 is 10.4 Å². The van der Waals surface area contributed by atoms with Gasteiger partial charge in [0.15, 0.2) is 0 Å². The molecule has 0 spiro atoms. The van der Waals surface area contributed by atoms with Gasteiger partial charge in [0.2, 0.25) is 11.7 Å². The first-order valence-electron chi connectivity index (χ1n) is 7.74. The lowest BCUT2D eigenvalue weighted by Gasteiger charge is -2.07. The highest BCUT2D eigenvalue weighted by molar-refractivity contribution is 7.12. The smallest absolute Gasteiger partial charge is 0.333 e. The van der Waals surface area contributed by atoms with Crippen molar-refractivity contribution in [1.82, 2.24) is 14.5 Å². The molecule has 7 nitrogen and oxygen atoms in total. The molecule has 0 saturated carbocycles. The van der Waals surface area contributed by atoms with Crippen LogP contribution in [0.3, 0.4) is 0 Å². The first kappa shape index (κ1) is 17.2. The summed E-state index contributed by atoms with van der Waals surface area (Å²) in [5.41, 5.74) is 0.642. The van der Waals surface area contributed by atoms with Crippen molar-refractivity contribution in [1.29, 1.82) is 0 Å². The monoisotopic (exact) mass is 398 g/mol. The molecule has 4 aromatic rings. The van der Waals surface area contributed by atoms with Crippen molar-refractivity contribution < 1.29 is 14.7 Å². The molecular weight excluding hydrogens is 388 g/mol. The van der Waals surface area contributed by atoms with E-state index in [4.69, 9.17) is 11.6 Å². The highest BCUT2D eigenvalue weighted by Gasteiger charge is 2.28. The number of benzene rings is 1. The van der Waals surface area contributed by atoms with E-state index in [2.05, 4.69) is 15.3 Å². The van der Waals surface area contributed by atoms with Crippen molar-refractivity contribution in [2.75, 3.05) is 5.32 Å². The zero-order chi connectivity index (χ0) is 19.0. The molecule has 3 heterocycles. The lowest BCUT2D eigenvalue weighted by Crippen LogP contribution is -2.19. The first-order valence-corrected chi connectivity index (χ1v) is 9.00. The number of ketones is 1. The summed E-state index contributed by atoms with van der Waals surface area (Å²) in [5, 5.41) is 15.7. The normalized spacial score (nSPS) is 10.9. The molecule has 0 atom stereocenters. The Labute approximate surface area is 161 Å². The molecule has 4 rings (SSSR count). The van der Waals surface area contributed by atoms with E-state index in [1.807, 2.05) is 0 Å². The van der Waals surface area contributed by atoms with Gasteiger partial charge in [-0.2, -0.15) is 0 Å². The van der Waals surface area contributed by atoms with Crippen LogP contribution in [-0.2, 0) is 0 Å². The second-order valence-electron chi connectivity index (χ2n) is 5.53. The lowest BCUT2D eigenvalue weighted by atomic mass is 10.1. The predicted molar refractivity (Wildman–Crippen MR) is 103 cm³/mol. The number of carbonyl (C=O) groups is 2. The highest BCUT2D eigenvalue weighted by Crippen LogP contribution is 2.38. The van der Waals surface area contributed by atoms with E-state index >= 15 is 0 Å². The van der Waals surface area contributed by atoms with E-state index in [0.29, 0.717) is 21.5 Å². The molecule has 0 fully saturated rings. The van der Waals surface area contributed by atoms with Crippen molar-refractivity contribution in [3.8, 4) is 5.88 Å². The van der Waals surface area contributed by atoms with Gasteiger partial charge in [0.25, 0.3) is 0 Å². The van der Waals surface area contributed by atoms with E-state index in [9.17, 15) is 14.7 Å². The van der Waals surface area contributed by atoms with Crippen LogP contribution in [0, 0.1) is 0 Å². The average molecular weight is 399 g/mol. The maximum Gasteiger partial charge on any atom is 0.333 e. The van der Waals surface area contributed by atoms with E-state index in [1.165, 1.54) is 30.1 Å². The molecule has 9 heteroatoms.